The maximum absolute atomic E-state index is 5.59. The Morgan fingerprint density at radius 2 is 2.31 bits per heavy atom. The van der Waals surface area contributed by atoms with Crippen molar-refractivity contribution in [1.29, 1.82) is 0 Å². The molecular weight excluding hydrogens is 206 g/mol. The van der Waals surface area contributed by atoms with Gasteiger partial charge in [0.15, 0.2) is 6.33 Å². The third-order valence-electron chi connectivity index (χ3n) is 1.77. The van der Waals surface area contributed by atoms with Crippen LogP contribution in [0.15, 0.2) is 36.9 Å². The summed E-state index contributed by atoms with van der Waals surface area (Å²) >= 11 is 0. The van der Waals surface area contributed by atoms with E-state index in [4.69, 9.17) is 10.6 Å². The van der Waals surface area contributed by atoms with Crippen molar-refractivity contribution >= 4 is 5.82 Å². The Morgan fingerprint density at radius 3 is 3.00 bits per heavy atom. The normalized spacial score (nSPS) is 10.1. The number of anilines is 1. The van der Waals surface area contributed by atoms with Crippen LogP contribution in [0.1, 0.15) is 6.92 Å². The molecule has 0 aliphatic carbocycles. The predicted molar refractivity (Wildman–Crippen MR) is 59.1 cm³/mol. The monoisotopic (exact) mass is 217 g/mol. The van der Waals surface area contributed by atoms with Crippen molar-refractivity contribution in [3.05, 3.63) is 36.9 Å². The first-order valence-electron chi connectivity index (χ1n) is 4.63. The van der Waals surface area contributed by atoms with Crippen molar-refractivity contribution in [3.8, 4) is 11.5 Å². The molecule has 2 aromatic heterocycles. The van der Waals surface area contributed by atoms with Gasteiger partial charge in [-0.1, -0.05) is 12.6 Å². The standard InChI is InChI=1S/C10H11N5O/c1-7(2)16-15-6-12-14-10(15)8-4-3-5-9(11)13-8/h3-6H,1H2,2H3,(H2,11,13). The summed E-state index contributed by atoms with van der Waals surface area (Å²) in [6.07, 6.45) is 1.44. The lowest BCUT2D eigenvalue weighted by Gasteiger charge is -2.06. The summed E-state index contributed by atoms with van der Waals surface area (Å²) in [4.78, 5) is 9.42. The molecule has 0 aromatic carbocycles. The molecule has 0 atom stereocenters. The highest BCUT2D eigenvalue weighted by Gasteiger charge is 2.09. The summed E-state index contributed by atoms with van der Waals surface area (Å²) in [6, 6.07) is 5.26. The zero-order chi connectivity index (χ0) is 11.5. The lowest BCUT2D eigenvalue weighted by molar-refractivity contribution is 0.185. The summed E-state index contributed by atoms with van der Waals surface area (Å²) in [5.74, 6) is 1.43. The molecule has 2 rings (SSSR count). The molecule has 0 fully saturated rings. The zero-order valence-corrected chi connectivity index (χ0v) is 8.79. The van der Waals surface area contributed by atoms with Gasteiger partial charge in [-0.15, -0.1) is 14.9 Å². The van der Waals surface area contributed by atoms with Crippen LogP contribution < -0.4 is 10.6 Å². The van der Waals surface area contributed by atoms with Crippen LogP contribution >= 0.6 is 0 Å². The van der Waals surface area contributed by atoms with Gasteiger partial charge in [-0.3, -0.25) is 0 Å². The second-order valence-corrected chi connectivity index (χ2v) is 3.22. The highest BCUT2D eigenvalue weighted by atomic mass is 16.7. The molecule has 0 saturated heterocycles. The van der Waals surface area contributed by atoms with Crippen molar-refractivity contribution in [1.82, 2.24) is 19.9 Å². The van der Waals surface area contributed by atoms with E-state index in [9.17, 15) is 0 Å². The number of nitrogens with zero attached hydrogens (tertiary/aromatic N) is 4. The molecule has 2 N–H and O–H groups in total. The lowest BCUT2D eigenvalue weighted by atomic mass is 10.3. The minimum atomic E-state index is 0.419. The average molecular weight is 217 g/mol. The third kappa shape index (κ3) is 2.00. The van der Waals surface area contributed by atoms with E-state index in [2.05, 4.69) is 21.8 Å². The van der Waals surface area contributed by atoms with Gasteiger partial charge in [-0.05, 0) is 19.1 Å². The van der Waals surface area contributed by atoms with Gasteiger partial charge in [-0.25, -0.2) is 4.98 Å². The van der Waals surface area contributed by atoms with Gasteiger partial charge in [0.25, 0.3) is 0 Å². The molecule has 0 saturated carbocycles. The van der Waals surface area contributed by atoms with E-state index in [-0.39, 0.29) is 0 Å². The second-order valence-electron chi connectivity index (χ2n) is 3.22. The fraction of sp³-hybridized carbons (Fsp3) is 0.100. The molecule has 6 nitrogen and oxygen atoms in total. The molecule has 0 radical (unpaired) electrons. The quantitative estimate of drug-likeness (QED) is 0.772. The molecule has 16 heavy (non-hydrogen) atoms. The number of rotatable bonds is 3. The van der Waals surface area contributed by atoms with Crippen LogP contribution in [-0.4, -0.2) is 19.9 Å². The van der Waals surface area contributed by atoms with E-state index < -0.39 is 0 Å². The van der Waals surface area contributed by atoms with Crippen molar-refractivity contribution in [2.45, 2.75) is 6.92 Å². The van der Waals surface area contributed by atoms with Gasteiger partial charge < -0.3 is 10.6 Å². The first-order chi connectivity index (χ1) is 7.66. The van der Waals surface area contributed by atoms with Gasteiger partial charge >= 0.3 is 0 Å². The van der Waals surface area contributed by atoms with E-state index in [0.717, 1.165) is 0 Å². The van der Waals surface area contributed by atoms with Gasteiger partial charge in [0, 0.05) is 0 Å². The van der Waals surface area contributed by atoms with Crippen molar-refractivity contribution in [2.75, 3.05) is 5.73 Å². The number of aromatic nitrogens is 4. The molecule has 2 aromatic rings. The molecule has 0 aliphatic heterocycles. The highest BCUT2D eigenvalue weighted by molar-refractivity contribution is 5.51. The molecule has 0 bridgehead atoms. The molecule has 82 valence electrons. The number of allylic oxidation sites excluding steroid dienone is 1. The number of hydrogen-bond donors (Lipinski definition) is 1. The van der Waals surface area contributed by atoms with Crippen LogP contribution in [0.5, 0.6) is 0 Å². The Morgan fingerprint density at radius 1 is 1.50 bits per heavy atom. The zero-order valence-electron chi connectivity index (χ0n) is 8.79. The number of nitrogens with two attached hydrogens (primary N) is 1. The van der Waals surface area contributed by atoms with Gasteiger partial charge in [-0.2, -0.15) is 0 Å². The summed E-state index contributed by atoms with van der Waals surface area (Å²) in [5, 5.41) is 7.66. The van der Waals surface area contributed by atoms with E-state index in [1.54, 1.807) is 25.1 Å². The maximum Gasteiger partial charge on any atom is 0.218 e. The van der Waals surface area contributed by atoms with Crippen LogP contribution in [-0.2, 0) is 0 Å². The van der Waals surface area contributed by atoms with Crippen molar-refractivity contribution in [2.24, 2.45) is 0 Å². The topological polar surface area (TPSA) is 78.8 Å². The minimum Gasteiger partial charge on any atom is -0.384 e. The van der Waals surface area contributed by atoms with Gasteiger partial charge in [0.05, 0.1) is 0 Å². The number of nitrogen functional groups attached to an aromatic ring is 1. The lowest BCUT2D eigenvalue weighted by Crippen LogP contribution is -2.09. The molecule has 6 heteroatoms. The predicted octanol–water partition coefficient (Wildman–Crippen LogP) is 0.884. The molecule has 0 unspecified atom stereocenters. The highest BCUT2D eigenvalue weighted by Crippen LogP contribution is 2.14. The number of pyridine rings is 1. The Bertz CT molecular complexity index is 519. The Balaban J connectivity index is 2.40. The fourth-order valence-corrected chi connectivity index (χ4v) is 1.20. The Labute approximate surface area is 92.3 Å². The second kappa shape index (κ2) is 4.01. The Hall–Kier alpha value is -2.37. The van der Waals surface area contributed by atoms with E-state index in [0.29, 0.717) is 23.1 Å². The average Bonchev–Trinajstić information content (AvgIpc) is 2.65. The molecule has 2 heterocycles. The SMILES string of the molecule is C=C(C)On1cnnc1-c1cccc(N)n1. The van der Waals surface area contributed by atoms with Crippen LogP contribution in [0.25, 0.3) is 11.5 Å². The number of hydrogen-bond acceptors (Lipinski definition) is 5. The van der Waals surface area contributed by atoms with E-state index >= 15 is 0 Å². The van der Waals surface area contributed by atoms with Crippen LogP contribution in [0.2, 0.25) is 0 Å². The van der Waals surface area contributed by atoms with Crippen LogP contribution in [0, 0.1) is 0 Å². The molecular formula is C10H11N5O. The summed E-state index contributed by atoms with van der Waals surface area (Å²) < 4.78 is 1.39. The largest absolute Gasteiger partial charge is 0.384 e. The first-order valence-corrected chi connectivity index (χ1v) is 4.63. The molecule has 0 spiro atoms. The van der Waals surface area contributed by atoms with Gasteiger partial charge in [0.1, 0.15) is 17.3 Å². The third-order valence-corrected chi connectivity index (χ3v) is 1.77. The minimum absolute atomic E-state index is 0.419. The molecule has 0 aliphatic rings. The molecule has 0 amide bonds. The summed E-state index contributed by atoms with van der Waals surface area (Å²) in [7, 11) is 0. The fourth-order valence-electron chi connectivity index (χ4n) is 1.20. The van der Waals surface area contributed by atoms with Crippen molar-refractivity contribution in [3.63, 3.8) is 0 Å². The van der Waals surface area contributed by atoms with Crippen molar-refractivity contribution < 1.29 is 4.84 Å². The van der Waals surface area contributed by atoms with Crippen LogP contribution in [0.3, 0.4) is 0 Å². The smallest absolute Gasteiger partial charge is 0.218 e. The van der Waals surface area contributed by atoms with Gasteiger partial charge in [0.2, 0.25) is 5.82 Å². The van der Waals surface area contributed by atoms with Crippen LogP contribution in [0.4, 0.5) is 5.82 Å². The van der Waals surface area contributed by atoms with E-state index in [1.165, 1.54) is 11.1 Å². The summed E-state index contributed by atoms with van der Waals surface area (Å²) in [5.41, 5.74) is 6.19. The van der Waals surface area contributed by atoms with E-state index in [1.807, 2.05) is 0 Å². The Kier molecular flexibility index (Phi) is 2.55. The first kappa shape index (κ1) is 10.2. The maximum atomic E-state index is 5.59. The summed E-state index contributed by atoms with van der Waals surface area (Å²) in [6.45, 7) is 5.37.